The Morgan fingerprint density at radius 1 is 1.17 bits per heavy atom. The van der Waals surface area contributed by atoms with Gasteiger partial charge in [0.05, 0.1) is 22.1 Å². The zero-order valence-corrected chi connectivity index (χ0v) is 10.4. The second kappa shape index (κ2) is 4.82. The number of halogens is 3. The number of benzene rings is 2. The molecule has 0 atom stereocenters. The van der Waals surface area contributed by atoms with E-state index in [1.165, 1.54) is 4.90 Å². The third-order valence-corrected chi connectivity index (χ3v) is 2.93. The molecule has 2 aromatic carbocycles. The summed E-state index contributed by atoms with van der Waals surface area (Å²) in [4.78, 5) is 1.43. The van der Waals surface area contributed by atoms with Crippen LogP contribution in [0.2, 0.25) is 5.02 Å². The van der Waals surface area contributed by atoms with Gasteiger partial charge in [-0.15, -0.1) is 0 Å². The highest BCUT2D eigenvalue weighted by Crippen LogP contribution is 2.36. The van der Waals surface area contributed by atoms with E-state index in [2.05, 4.69) is 0 Å². The highest BCUT2D eigenvalue weighted by atomic mass is 35.5. The first kappa shape index (κ1) is 12.6. The summed E-state index contributed by atoms with van der Waals surface area (Å²) in [5.41, 5.74) is 6.73. The lowest BCUT2D eigenvalue weighted by molar-refractivity contribution is 0.600. The van der Waals surface area contributed by atoms with Gasteiger partial charge in [-0.1, -0.05) is 17.7 Å². The van der Waals surface area contributed by atoms with Gasteiger partial charge in [-0.05, 0) is 24.3 Å². The fourth-order valence-electron chi connectivity index (χ4n) is 1.75. The molecule has 0 unspecified atom stereocenters. The molecule has 0 radical (unpaired) electrons. The second-order valence-electron chi connectivity index (χ2n) is 3.83. The molecular formula is C13H11ClF2N2. The van der Waals surface area contributed by atoms with Gasteiger partial charge in [0.1, 0.15) is 11.6 Å². The number of rotatable bonds is 2. The Balaban J connectivity index is 2.54. The Bertz CT molecular complexity index is 567. The Morgan fingerprint density at radius 2 is 1.89 bits per heavy atom. The molecule has 0 aliphatic carbocycles. The molecule has 2 nitrogen and oxygen atoms in total. The molecule has 0 aliphatic rings. The molecule has 2 rings (SSSR count). The van der Waals surface area contributed by atoms with Crippen molar-refractivity contribution in [3.05, 3.63) is 53.1 Å². The van der Waals surface area contributed by atoms with Crippen LogP contribution in [0.4, 0.5) is 25.8 Å². The smallest absolute Gasteiger partial charge is 0.147 e. The van der Waals surface area contributed by atoms with Crippen molar-refractivity contribution in [3.8, 4) is 0 Å². The highest BCUT2D eigenvalue weighted by Gasteiger charge is 2.15. The molecule has 18 heavy (non-hydrogen) atoms. The fourth-order valence-corrected chi connectivity index (χ4v) is 2.06. The lowest BCUT2D eigenvalue weighted by atomic mass is 10.2. The number of nitrogens with zero attached hydrogens (tertiary/aromatic N) is 1. The summed E-state index contributed by atoms with van der Waals surface area (Å²) >= 11 is 6.03. The monoisotopic (exact) mass is 268 g/mol. The molecule has 5 heteroatoms. The summed E-state index contributed by atoms with van der Waals surface area (Å²) < 4.78 is 26.8. The minimum absolute atomic E-state index is 0.0785. The number of nitrogens with two attached hydrogens (primary N) is 1. The minimum Gasteiger partial charge on any atom is -0.397 e. The van der Waals surface area contributed by atoms with E-state index in [0.717, 1.165) is 18.2 Å². The number of hydrogen-bond acceptors (Lipinski definition) is 2. The van der Waals surface area contributed by atoms with Crippen LogP contribution >= 0.6 is 11.6 Å². The third kappa shape index (κ3) is 2.24. The van der Waals surface area contributed by atoms with E-state index in [9.17, 15) is 8.78 Å². The first-order chi connectivity index (χ1) is 8.50. The number of para-hydroxylation sites is 1. The molecule has 0 saturated carbocycles. The van der Waals surface area contributed by atoms with E-state index in [-0.39, 0.29) is 5.69 Å². The fraction of sp³-hybridized carbons (Fsp3) is 0.0769. The number of anilines is 3. The van der Waals surface area contributed by atoms with Gasteiger partial charge in [-0.25, -0.2) is 8.78 Å². The summed E-state index contributed by atoms with van der Waals surface area (Å²) in [7, 11) is 1.58. The second-order valence-corrected chi connectivity index (χ2v) is 4.24. The molecule has 0 bridgehead atoms. The normalized spacial score (nSPS) is 10.4. The summed E-state index contributed by atoms with van der Waals surface area (Å²) in [6.07, 6.45) is 0. The Kier molecular flexibility index (Phi) is 3.39. The van der Waals surface area contributed by atoms with Gasteiger partial charge in [0.25, 0.3) is 0 Å². The average Bonchev–Trinajstić information content (AvgIpc) is 2.32. The van der Waals surface area contributed by atoms with Crippen LogP contribution in [-0.2, 0) is 0 Å². The zero-order chi connectivity index (χ0) is 13.3. The highest BCUT2D eigenvalue weighted by molar-refractivity contribution is 6.34. The van der Waals surface area contributed by atoms with Crippen molar-refractivity contribution >= 4 is 28.7 Å². The van der Waals surface area contributed by atoms with E-state index >= 15 is 0 Å². The molecule has 2 aromatic rings. The van der Waals surface area contributed by atoms with Crippen molar-refractivity contribution in [1.82, 2.24) is 0 Å². The number of hydrogen-bond donors (Lipinski definition) is 1. The van der Waals surface area contributed by atoms with Crippen LogP contribution in [0.25, 0.3) is 0 Å². The first-order valence-corrected chi connectivity index (χ1v) is 5.61. The molecular weight excluding hydrogens is 258 g/mol. The van der Waals surface area contributed by atoms with Crippen molar-refractivity contribution in [1.29, 1.82) is 0 Å². The Hall–Kier alpha value is -1.81. The summed E-state index contributed by atoms with van der Waals surface area (Å²) in [5, 5.41) is 0.376. The molecule has 94 valence electrons. The van der Waals surface area contributed by atoms with E-state index < -0.39 is 11.6 Å². The average molecular weight is 269 g/mol. The maximum absolute atomic E-state index is 13.7. The third-order valence-electron chi connectivity index (χ3n) is 2.62. The number of nitrogen functional groups attached to an aromatic ring is 1. The Morgan fingerprint density at radius 3 is 2.56 bits per heavy atom. The SMILES string of the molecule is CN(c1cc(F)ccc1F)c1c(N)cccc1Cl. The van der Waals surface area contributed by atoms with Crippen molar-refractivity contribution in [2.24, 2.45) is 0 Å². The lowest BCUT2D eigenvalue weighted by Crippen LogP contribution is -2.14. The van der Waals surface area contributed by atoms with E-state index in [0.29, 0.717) is 16.4 Å². The molecule has 0 spiro atoms. The van der Waals surface area contributed by atoms with Crippen LogP contribution in [0, 0.1) is 11.6 Å². The van der Waals surface area contributed by atoms with Gasteiger partial charge in [0, 0.05) is 13.1 Å². The van der Waals surface area contributed by atoms with Crippen LogP contribution < -0.4 is 10.6 Å². The molecule has 0 heterocycles. The van der Waals surface area contributed by atoms with Crippen LogP contribution in [-0.4, -0.2) is 7.05 Å². The minimum atomic E-state index is -0.543. The van der Waals surface area contributed by atoms with Crippen LogP contribution in [0.5, 0.6) is 0 Å². The molecule has 0 saturated heterocycles. The van der Waals surface area contributed by atoms with E-state index in [1.807, 2.05) is 0 Å². The molecule has 2 N–H and O–H groups in total. The van der Waals surface area contributed by atoms with E-state index in [1.54, 1.807) is 25.2 Å². The van der Waals surface area contributed by atoms with Crippen LogP contribution in [0.3, 0.4) is 0 Å². The topological polar surface area (TPSA) is 29.3 Å². The van der Waals surface area contributed by atoms with Crippen molar-refractivity contribution in [3.63, 3.8) is 0 Å². The maximum Gasteiger partial charge on any atom is 0.147 e. The van der Waals surface area contributed by atoms with Gasteiger partial charge in [-0.3, -0.25) is 0 Å². The lowest BCUT2D eigenvalue weighted by Gasteiger charge is -2.22. The van der Waals surface area contributed by atoms with Crippen molar-refractivity contribution in [2.45, 2.75) is 0 Å². The zero-order valence-electron chi connectivity index (χ0n) is 9.62. The van der Waals surface area contributed by atoms with E-state index in [4.69, 9.17) is 17.3 Å². The summed E-state index contributed by atoms with van der Waals surface area (Å²) in [6, 6.07) is 8.20. The summed E-state index contributed by atoms with van der Waals surface area (Å²) in [5.74, 6) is -1.07. The first-order valence-electron chi connectivity index (χ1n) is 5.23. The quantitative estimate of drug-likeness (QED) is 0.835. The van der Waals surface area contributed by atoms with Gasteiger partial charge in [0.2, 0.25) is 0 Å². The van der Waals surface area contributed by atoms with Gasteiger partial charge in [-0.2, -0.15) is 0 Å². The Labute approximate surface area is 109 Å². The largest absolute Gasteiger partial charge is 0.397 e. The molecule has 0 aliphatic heterocycles. The van der Waals surface area contributed by atoms with Gasteiger partial charge >= 0.3 is 0 Å². The molecule has 0 aromatic heterocycles. The van der Waals surface area contributed by atoms with Crippen LogP contribution in [0.15, 0.2) is 36.4 Å². The van der Waals surface area contributed by atoms with Crippen LogP contribution in [0.1, 0.15) is 0 Å². The standard InChI is InChI=1S/C13H11ClF2N2/c1-18(12-7-8(15)5-6-10(12)16)13-9(14)3-2-4-11(13)17/h2-7H,17H2,1H3. The van der Waals surface area contributed by atoms with Gasteiger partial charge < -0.3 is 10.6 Å². The van der Waals surface area contributed by atoms with Crippen molar-refractivity contribution < 1.29 is 8.78 Å². The maximum atomic E-state index is 13.7. The predicted octanol–water partition coefficient (Wildman–Crippen LogP) is 3.97. The van der Waals surface area contributed by atoms with Crippen molar-refractivity contribution in [2.75, 3.05) is 17.7 Å². The van der Waals surface area contributed by atoms with Gasteiger partial charge in [0.15, 0.2) is 0 Å². The molecule has 0 amide bonds. The summed E-state index contributed by atoms with van der Waals surface area (Å²) in [6.45, 7) is 0. The molecule has 0 fully saturated rings. The predicted molar refractivity (Wildman–Crippen MR) is 70.3 cm³/mol.